The lowest BCUT2D eigenvalue weighted by atomic mass is 10.0. The molecule has 1 atom stereocenters. The van der Waals surface area contributed by atoms with Crippen LogP contribution in [-0.2, 0) is 6.42 Å². The third-order valence-electron chi connectivity index (χ3n) is 4.75. The highest BCUT2D eigenvalue weighted by molar-refractivity contribution is 5.37. The van der Waals surface area contributed by atoms with Gasteiger partial charge in [-0.25, -0.2) is 0 Å². The smallest absolute Gasteiger partial charge is 0.122 e. The van der Waals surface area contributed by atoms with Crippen molar-refractivity contribution in [1.29, 1.82) is 0 Å². The Balaban J connectivity index is 1.54. The van der Waals surface area contributed by atoms with Crippen LogP contribution in [0.15, 0.2) is 54.6 Å². The normalized spacial score (nSPS) is 16.7. The van der Waals surface area contributed by atoms with E-state index in [1.54, 1.807) is 0 Å². The Morgan fingerprint density at radius 3 is 2.42 bits per heavy atom. The molecule has 24 heavy (non-hydrogen) atoms. The third kappa shape index (κ3) is 5.10. The van der Waals surface area contributed by atoms with Crippen LogP contribution in [0, 0.1) is 5.92 Å². The lowest BCUT2D eigenvalue weighted by Gasteiger charge is -2.29. The van der Waals surface area contributed by atoms with E-state index in [1.807, 2.05) is 0 Å². The molecule has 0 N–H and O–H groups in total. The van der Waals surface area contributed by atoms with Crippen molar-refractivity contribution in [3.8, 4) is 5.75 Å². The lowest BCUT2D eigenvalue weighted by molar-refractivity contribution is 0.164. The van der Waals surface area contributed by atoms with Crippen molar-refractivity contribution in [1.82, 2.24) is 4.90 Å². The average molecular weight is 323 g/mol. The zero-order valence-corrected chi connectivity index (χ0v) is 14.8. The first-order valence-electron chi connectivity index (χ1n) is 9.28. The summed E-state index contributed by atoms with van der Waals surface area (Å²) in [5, 5.41) is 0. The molecule has 0 bridgehead atoms. The summed E-state index contributed by atoms with van der Waals surface area (Å²) in [5.41, 5.74) is 2.60. The molecule has 0 amide bonds. The maximum atomic E-state index is 6.19. The predicted molar refractivity (Wildman–Crippen MR) is 101 cm³/mol. The van der Waals surface area contributed by atoms with E-state index >= 15 is 0 Å². The predicted octanol–water partition coefficient (Wildman–Crippen LogP) is 4.78. The zero-order valence-electron chi connectivity index (χ0n) is 14.8. The molecule has 1 aliphatic rings. The van der Waals surface area contributed by atoms with E-state index in [9.17, 15) is 0 Å². The van der Waals surface area contributed by atoms with Gasteiger partial charge in [-0.2, -0.15) is 0 Å². The monoisotopic (exact) mass is 323 g/mol. The lowest BCUT2D eigenvalue weighted by Crippen LogP contribution is -2.35. The Bertz CT molecular complexity index is 604. The summed E-state index contributed by atoms with van der Waals surface area (Å²) in [5.74, 6) is 1.60. The second kappa shape index (κ2) is 8.89. The average Bonchev–Trinajstić information content (AvgIpc) is 2.63. The highest BCUT2D eigenvalue weighted by Crippen LogP contribution is 2.22. The van der Waals surface area contributed by atoms with Crippen LogP contribution in [-0.4, -0.2) is 31.1 Å². The van der Waals surface area contributed by atoms with Crippen LogP contribution >= 0.6 is 0 Å². The molecule has 1 heterocycles. The standard InChI is InChI=1S/C22H29NO/c1-19(17-23-14-8-3-9-15-23)18-24-22-13-7-6-12-21(22)16-20-10-4-2-5-11-20/h2,4-7,10-13,19H,3,8-9,14-18H2,1H3. The highest BCUT2D eigenvalue weighted by atomic mass is 16.5. The molecule has 1 saturated heterocycles. The van der Waals surface area contributed by atoms with Gasteiger partial charge in [-0.15, -0.1) is 0 Å². The Morgan fingerprint density at radius 1 is 0.917 bits per heavy atom. The van der Waals surface area contributed by atoms with Crippen LogP contribution in [0.2, 0.25) is 0 Å². The van der Waals surface area contributed by atoms with E-state index in [4.69, 9.17) is 4.74 Å². The minimum absolute atomic E-state index is 0.563. The van der Waals surface area contributed by atoms with Crippen LogP contribution in [0.1, 0.15) is 37.3 Å². The van der Waals surface area contributed by atoms with Gasteiger partial charge in [0.05, 0.1) is 6.61 Å². The number of nitrogens with zero attached hydrogens (tertiary/aromatic N) is 1. The first kappa shape index (κ1) is 17.0. The van der Waals surface area contributed by atoms with Gasteiger partial charge in [-0.05, 0) is 43.1 Å². The fourth-order valence-corrected chi connectivity index (χ4v) is 3.47. The number of para-hydroxylation sites is 1. The van der Waals surface area contributed by atoms with Crippen LogP contribution in [0.3, 0.4) is 0 Å². The second-order valence-electron chi connectivity index (χ2n) is 7.05. The molecule has 0 aromatic heterocycles. The van der Waals surface area contributed by atoms with E-state index in [1.165, 1.54) is 43.5 Å². The van der Waals surface area contributed by atoms with E-state index in [2.05, 4.69) is 66.4 Å². The van der Waals surface area contributed by atoms with Crippen molar-refractivity contribution in [2.45, 2.75) is 32.6 Å². The van der Waals surface area contributed by atoms with Gasteiger partial charge in [0.25, 0.3) is 0 Å². The number of hydrogen-bond acceptors (Lipinski definition) is 2. The van der Waals surface area contributed by atoms with Crippen molar-refractivity contribution < 1.29 is 4.74 Å². The van der Waals surface area contributed by atoms with E-state index in [0.29, 0.717) is 5.92 Å². The van der Waals surface area contributed by atoms with Gasteiger partial charge in [0, 0.05) is 18.9 Å². The molecular formula is C22H29NO. The molecule has 2 heteroatoms. The SMILES string of the molecule is CC(COc1ccccc1Cc1ccccc1)CN1CCCCC1. The van der Waals surface area contributed by atoms with Gasteiger partial charge >= 0.3 is 0 Å². The molecular weight excluding hydrogens is 294 g/mol. The number of benzene rings is 2. The van der Waals surface area contributed by atoms with Gasteiger partial charge in [0.1, 0.15) is 5.75 Å². The quantitative estimate of drug-likeness (QED) is 0.727. The largest absolute Gasteiger partial charge is 0.493 e. The summed E-state index contributed by atoms with van der Waals surface area (Å²) in [7, 11) is 0. The first-order valence-corrected chi connectivity index (χ1v) is 9.28. The summed E-state index contributed by atoms with van der Waals surface area (Å²) >= 11 is 0. The molecule has 0 spiro atoms. The van der Waals surface area contributed by atoms with E-state index in [0.717, 1.165) is 25.3 Å². The van der Waals surface area contributed by atoms with Crippen LogP contribution in [0.4, 0.5) is 0 Å². The van der Waals surface area contributed by atoms with Gasteiger partial charge in [-0.1, -0.05) is 61.9 Å². The van der Waals surface area contributed by atoms with Crippen LogP contribution in [0.25, 0.3) is 0 Å². The second-order valence-corrected chi connectivity index (χ2v) is 7.05. The van der Waals surface area contributed by atoms with Gasteiger partial charge in [0.2, 0.25) is 0 Å². The molecule has 2 aromatic carbocycles. The first-order chi connectivity index (χ1) is 11.8. The topological polar surface area (TPSA) is 12.5 Å². The molecule has 0 saturated carbocycles. The summed E-state index contributed by atoms with van der Waals surface area (Å²) < 4.78 is 6.19. The minimum atomic E-state index is 0.563. The number of hydrogen-bond donors (Lipinski definition) is 0. The fourth-order valence-electron chi connectivity index (χ4n) is 3.47. The van der Waals surface area contributed by atoms with Crippen molar-refractivity contribution in [3.05, 3.63) is 65.7 Å². The molecule has 2 aromatic rings. The van der Waals surface area contributed by atoms with Crippen molar-refractivity contribution >= 4 is 0 Å². The Kier molecular flexibility index (Phi) is 6.31. The van der Waals surface area contributed by atoms with Gasteiger partial charge < -0.3 is 9.64 Å². The molecule has 1 fully saturated rings. The highest BCUT2D eigenvalue weighted by Gasteiger charge is 2.14. The number of likely N-dealkylation sites (tertiary alicyclic amines) is 1. The molecule has 0 radical (unpaired) electrons. The Hall–Kier alpha value is -1.80. The number of piperidine rings is 1. The minimum Gasteiger partial charge on any atom is -0.493 e. The maximum absolute atomic E-state index is 6.19. The molecule has 0 aliphatic carbocycles. The summed E-state index contributed by atoms with van der Waals surface area (Å²) in [6.45, 7) is 6.77. The Labute approximate surface area is 146 Å². The van der Waals surface area contributed by atoms with Crippen LogP contribution < -0.4 is 4.74 Å². The number of ether oxygens (including phenoxy) is 1. The summed E-state index contributed by atoms with van der Waals surface area (Å²) in [4.78, 5) is 2.59. The van der Waals surface area contributed by atoms with E-state index < -0.39 is 0 Å². The van der Waals surface area contributed by atoms with E-state index in [-0.39, 0.29) is 0 Å². The van der Waals surface area contributed by atoms with Crippen molar-refractivity contribution in [2.24, 2.45) is 5.92 Å². The maximum Gasteiger partial charge on any atom is 0.122 e. The van der Waals surface area contributed by atoms with Crippen molar-refractivity contribution in [2.75, 3.05) is 26.2 Å². The molecule has 3 rings (SSSR count). The molecule has 128 valence electrons. The van der Waals surface area contributed by atoms with Gasteiger partial charge in [0.15, 0.2) is 0 Å². The van der Waals surface area contributed by atoms with Crippen LogP contribution in [0.5, 0.6) is 5.75 Å². The Morgan fingerprint density at radius 2 is 1.62 bits per heavy atom. The number of rotatable bonds is 7. The molecule has 1 unspecified atom stereocenters. The summed E-state index contributed by atoms with van der Waals surface area (Å²) in [6.07, 6.45) is 5.03. The molecule has 2 nitrogen and oxygen atoms in total. The molecule has 1 aliphatic heterocycles. The fraction of sp³-hybridized carbons (Fsp3) is 0.455. The van der Waals surface area contributed by atoms with Crippen molar-refractivity contribution in [3.63, 3.8) is 0 Å². The zero-order chi connectivity index (χ0) is 16.6. The van der Waals surface area contributed by atoms with Gasteiger partial charge in [-0.3, -0.25) is 0 Å². The third-order valence-corrected chi connectivity index (χ3v) is 4.75. The summed E-state index contributed by atoms with van der Waals surface area (Å²) in [6, 6.07) is 19.1.